The van der Waals surface area contributed by atoms with Crippen LogP contribution in [0.5, 0.6) is 0 Å². The monoisotopic (exact) mass is 295 g/mol. The molecule has 1 aliphatic carbocycles. The third kappa shape index (κ3) is 3.74. The Labute approximate surface area is 123 Å². The summed E-state index contributed by atoms with van der Waals surface area (Å²) in [7, 11) is 0. The number of aromatic amines is 1. The lowest BCUT2D eigenvalue weighted by molar-refractivity contribution is 0.0504. The van der Waals surface area contributed by atoms with Gasteiger partial charge in [-0.15, -0.1) is 0 Å². The van der Waals surface area contributed by atoms with Gasteiger partial charge in [-0.05, 0) is 34.1 Å². The van der Waals surface area contributed by atoms with Crippen LogP contribution in [0.25, 0.3) is 0 Å². The van der Waals surface area contributed by atoms with Gasteiger partial charge in [0, 0.05) is 23.7 Å². The van der Waals surface area contributed by atoms with E-state index in [1.807, 2.05) is 20.8 Å². The molecule has 7 nitrogen and oxygen atoms in total. The minimum Gasteiger partial charge on any atom is -0.461 e. The molecule has 1 amide bonds. The lowest BCUT2D eigenvalue weighted by atomic mass is 10.2. The molecule has 0 spiro atoms. The van der Waals surface area contributed by atoms with Crippen LogP contribution in [-0.4, -0.2) is 40.5 Å². The van der Waals surface area contributed by atoms with Gasteiger partial charge in [0.15, 0.2) is 5.69 Å². The van der Waals surface area contributed by atoms with Gasteiger partial charge in [0.2, 0.25) is 0 Å². The van der Waals surface area contributed by atoms with Crippen LogP contribution in [0.15, 0.2) is 0 Å². The summed E-state index contributed by atoms with van der Waals surface area (Å²) in [4.78, 5) is 23.5. The summed E-state index contributed by atoms with van der Waals surface area (Å²) in [6, 6.07) is -0.0997. The number of amides is 1. The molecule has 1 heterocycles. The minimum absolute atomic E-state index is 0.0997. The summed E-state index contributed by atoms with van der Waals surface area (Å²) >= 11 is 0. The van der Waals surface area contributed by atoms with Gasteiger partial charge in [0.05, 0.1) is 6.61 Å². The quantitative estimate of drug-likeness (QED) is 0.826. The van der Waals surface area contributed by atoms with Gasteiger partial charge < -0.3 is 14.8 Å². The molecule has 2 N–H and O–H groups in total. The molecule has 7 heteroatoms. The SMILES string of the molecule is CCOC(=O)c1n[nH]c2c1CC(NC(=O)OC(C)(C)C)C2. The van der Waals surface area contributed by atoms with E-state index in [9.17, 15) is 9.59 Å². The van der Waals surface area contributed by atoms with E-state index in [1.54, 1.807) is 6.92 Å². The Bertz CT molecular complexity index is 545. The van der Waals surface area contributed by atoms with E-state index < -0.39 is 17.7 Å². The number of hydrogen-bond donors (Lipinski definition) is 2. The summed E-state index contributed by atoms with van der Waals surface area (Å²) in [6.45, 7) is 7.49. The maximum absolute atomic E-state index is 11.8. The number of rotatable bonds is 3. The first-order chi connectivity index (χ1) is 9.80. The molecule has 0 bridgehead atoms. The summed E-state index contributed by atoms with van der Waals surface area (Å²) in [6.07, 6.45) is 0.684. The Hall–Kier alpha value is -2.05. The molecule has 1 atom stereocenters. The average Bonchev–Trinajstić information content (AvgIpc) is 2.85. The summed E-state index contributed by atoms with van der Waals surface area (Å²) in [5, 5.41) is 9.63. The van der Waals surface area contributed by atoms with Gasteiger partial charge in [0.1, 0.15) is 5.60 Å². The highest BCUT2D eigenvalue weighted by Crippen LogP contribution is 2.24. The smallest absolute Gasteiger partial charge is 0.407 e. The highest BCUT2D eigenvalue weighted by Gasteiger charge is 2.31. The fourth-order valence-corrected chi connectivity index (χ4v) is 2.30. The van der Waals surface area contributed by atoms with Crippen molar-refractivity contribution in [2.45, 2.75) is 52.2 Å². The van der Waals surface area contributed by atoms with Gasteiger partial charge in [-0.2, -0.15) is 5.10 Å². The number of ether oxygens (including phenoxy) is 2. The van der Waals surface area contributed by atoms with Crippen molar-refractivity contribution in [1.29, 1.82) is 0 Å². The molecule has 1 aromatic rings. The zero-order chi connectivity index (χ0) is 15.6. The van der Waals surface area contributed by atoms with E-state index in [1.165, 1.54) is 0 Å². The Morgan fingerprint density at radius 1 is 1.38 bits per heavy atom. The number of fused-ring (bicyclic) bond motifs is 1. The van der Waals surface area contributed by atoms with E-state index in [2.05, 4.69) is 15.5 Å². The number of hydrogen-bond acceptors (Lipinski definition) is 5. The van der Waals surface area contributed by atoms with E-state index in [-0.39, 0.29) is 6.04 Å². The maximum atomic E-state index is 11.8. The van der Waals surface area contributed by atoms with Crippen LogP contribution < -0.4 is 5.32 Å². The number of nitrogens with one attached hydrogen (secondary N) is 2. The van der Waals surface area contributed by atoms with E-state index >= 15 is 0 Å². The number of H-pyrrole nitrogens is 1. The van der Waals surface area contributed by atoms with E-state index in [4.69, 9.17) is 9.47 Å². The first kappa shape index (κ1) is 15.3. The lowest BCUT2D eigenvalue weighted by Crippen LogP contribution is -2.39. The van der Waals surface area contributed by atoms with Crippen molar-refractivity contribution in [2.75, 3.05) is 6.61 Å². The Morgan fingerprint density at radius 3 is 2.71 bits per heavy atom. The van der Waals surface area contributed by atoms with E-state index in [0.29, 0.717) is 25.1 Å². The summed E-state index contributed by atoms with van der Waals surface area (Å²) < 4.78 is 10.2. The van der Waals surface area contributed by atoms with Gasteiger partial charge in [0.25, 0.3) is 0 Å². The van der Waals surface area contributed by atoms with Crippen LogP contribution in [0, 0.1) is 0 Å². The van der Waals surface area contributed by atoms with Crippen molar-refractivity contribution >= 4 is 12.1 Å². The second kappa shape index (κ2) is 5.75. The summed E-state index contributed by atoms with van der Waals surface area (Å²) in [5.41, 5.74) is 1.45. The number of carbonyl (C=O) groups excluding carboxylic acids is 2. The highest BCUT2D eigenvalue weighted by molar-refractivity contribution is 5.89. The molecule has 0 saturated carbocycles. The first-order valence-electron chi connectivity index (χ1n) is 7.03. The molecule has 0 saturated heterocycles. The van der Waals surface area contributed by atoms with Crippen molar-refractivity contribution in [3.05, 3.63) is 17.0 Å². The number of nitrogens with zero attached hydrogens (tertiary/aromatic N) is 1. The van der Waals surface area contributed by atoms with Crippen LogP contribution in [0.3, 0.4) is 0 Å². The van der Waals surface area contributed by atoms with Crippen LogP contribution in [0.1, 0.15) is 49.4 Å². The molecule has 0 radical (unpaired) electrons. The number of esters is 1. The molecule has 0 aliphatic heterocycles. The van der Waals surface area contributed by atoms with Crippen LogP contribution >= 0.6 is 0 Å². The molecule has 1 aliphatic rings. The van der Waals surface area contributed by atoms with Crippen LogP contribution in [-0.2, 0) is 22.3 Å². The average molecular weight is 295 g/mol. The third-order valence-electron chi connectivity index (χ3n) is 3.04. The summed E-state index contributed by atoms with van der Waals surface area (Å²) in [5.74, 6) is -0.437. The van der Waals surface area contributed by atoms with Crippen molar-refractivity contribution < 1.29 is 19.1 Å². The molecule has 0 aromatic carbocycles. The fourth-order valence-electron chi connectivity index (χ4n) is 2.30. The molecule has 21 heavy (non-hydrogen) atoms. The molecule has 1 unspecified atom stereocenters. The van der Waals surface area contributed by atoms with Crippen molar-refractivity contribution in [1.82, 2.24) is 15.5 Å². The lowest BCUT2D eigenvalue weighted by Gasteiger charge is -2.21. The van der Waals surface area contributed by atoms with Crippen molar-refractivity contribution in [2.24, 2.45) is 0 Å². The van der Waals surface area contributed by atoms with Gasteiger partial charge >= 0.3 is 12.1 Å². The maximum Gasteiger partial charge on any atom is 0.407 e. The van der Waals surface area contributed by atoms with Crippen LogP contribution in [0.2, 0.25) is 0 Å². The second-order valence-electron chi connectivity index (χ2n) is 6.00. The number of carbonyl (C=O) groups is 2. The molecule has 0 fully saturated rings. The van der Waals surface area contributed by atoms with Crippen molar-refractivity contribution in [3.8, 4) is 0 Å². The Kier molecular flexibility index (Phi) is 4.20. The van der Waals surface area contributed by atoms with Gasteiger partial charge in [-0.25, -0.2) is 9.59 Å². The van der Waals surface area contributed by atoms with Crippen LogP contribution in [0.4, 0.5) is 4.79 Å². The predicted octanol–water partition coefficient (Wildman–Crippen LogP) is 1.58. The highest BCUT2D eigenvalue weighted by atomic mass is 16.6. The zero-order valence-corrected chi connectivity index (χ0v) is 12.8. The molecule has 1 aromatic heterocycles. The van der Waals surface area contributed by atoms with Crippen molar-refractivity contribution in [3.63, 3.8) is 0 Å². The normalized spacial score (nSPS) is 17.2. The first-order valence-corrected chi connectivity index (χ1v) is 7.03. The number of alkyl carbamates (subject to hydrolysis) is 1. The second-order valence-corrected chi connectivity index (χ2v) is 6.00. The standard InChI is InChI=1S/C14H21N3O4/c1-5-20-12(18)11-9-6-8(7-10(9)16-17-11)15-13(19)21-14(2,3)4/h8H,5-7H2,1-4H3,(H,15,19)(H,16,17). The molecular formula is C14H21N3O4. The minimum atomic E-state index is -0.533. The molecule has 2 rings (SSSR count). The predicted molar refractivity (Wildman–Crippen MR) is 75.1 cm³/mol. The molecule has 116 valence electrons. The van der Waals surface area contributed by atoms with Gasteiger partial charge in [-0.3, -0.25) is 5.10 Å². The Balaban J connectivity index is 1.97. The molecular weight excluding hydrogens is 274 g/mol. The fraction of sp³-hybridized carbons (Fsp3) is 0.643. The largest absolute Gasteiger partial charge is 0.461 e. The zero-order valence-electron chi connectivity index (χ0n) is 12.8. The topological polar surface area (TPSA) is 93.3 Å². The Morgan fingerprint density at radius 2 is 2.10 bits per heavy atom. The van der Waals surface area contributed by atoms with Gasteiger partial charge in [-0.1, -0.05) is 0 Å². The van der Waals surface area contributed by atoms with E-state index in [0.717, 1.165) is 11.3 Å². The number of aromatic nitrogens is 2. The third-order valence-corrected chi connectivity index (χ3v) is 3.04.